The first kappa shape index (κ1) is 14.5. The molecule has 1 aromatic rings. The summed E-state index contributed by atoms with van der Waals surface area (Å²) in [6.45, 7) is 3.66. The third kappa shape index (κ3) is 4.60. The summed E-state index contributed by atoms with van der Waals surface area (Å²) in [6.07, 6.45) is 11.1. The minimum absolute atomic E-state index is 0.287. The molecule has 3 atom stereocenters. The van der Waals surface area contributed by atoms with Crippen LogP contribution in [-0.4, -0.2) is 10.2 Å². The zero-order valence-corrected chi connectivity index (χ0v) is 13.0. The summed E-state index contributed by atoms with van der Waals surface area (Å²) >= 11 is 2.39. The van der Waals surface area contributed by atoms with Crippen LogP contribution in [-0.2, 0) is 0 Å². The van der Waals surface area contributed by atoms with Crippen LogP contribution < -0.4 is 10.6 Å². The monoisotopic (exact) mass is 366 g/mol. The summed E-state index contributed by atoms with van der Waals surface area (Å²) in [4.78, 5) is 0. The highest BCUT2D eigenvalue weighted by molar-refractivity contribution is 14.1. The van der Waals surface area contributed by atoms with Crippen LogP contribution >= 0.6 is 22.6 Å². The van der Waals surface area contributed by atoms with Gasteiger partial charge in [0.05, 0.1) is 0 Å². The van der Waals surface area contributed by atoms with Gasteiger partial charge in [0.15, 0.2) is 0 Å². The van der Waals surface area contributed by atoms with Gasteiger partial charge >= 0.3 is 0 Å². The van der Waals surface area contributed by atoms with E-state index in [1.54, 1.807) is 6.08 Å². The number of hydrogen-bond donors (Lipinski definition) is 2. The van der Waals surface area contributed by atoms with Crippen LogP contribution in [0, 0.1) is 0 Å². The minimum Gasteiger partial charge on any atom is -0.287 e. The lowest BCUT2D eigenvalue weighted by atomic mass is 9.97. The Morgan fingerprint density at radius 2 is 1.89 bits per heavy atom. The number of rotatable bonds is 4. The molecule has 0 aliphatic carbocycles. The van der Waals surface area contributed by atoms with Gasteiger partial charge in [-0.3, -0.25) is 10.6 Å². The van der Waals surface area contributed by atoms with Crippen LogP contribution in [0.3, 0.4) is 0 Å². The minimum atomic E-state index is 0.287. The maximum absolute atomic E-state index is 3.66. The molecule has 2 N–H and O–H groups in total. The van der Waals surface area contributed by atoms with Gasteiger partial charge in [-0.15, -0.1) is 0 Å². The summed E-state index contributed by atoms with van der Waals surface area (Å²) in [5.74, 6) is 0. The van der Waals surface area contributed by atoms with E-state index in [0.29, 0.717) is 12.1 Å². The van der Waals surface area contributed by atoms with E-state index >= 15 is 0 Å². The highest BCUT2D eigenvalue weighted by atomic mass is 127. The Bertz CT molecular complexity index is 453. The standard InChI is InChI=1S/C16H19IN2/c1-2-3-4-8-11-14-12-15(19-16(17)18-14)13-9-6-5-7-10-13/h2-11,14-16,18-19H,1,12H2/b4-3-,11-8+. The SMILES string of the molecule is C=C/C=C\C=C\C1CC(c2ccccc2)NC(I)N1. The summed E-state index contributed by atoms with van der Waals surface area (Å²) in [7, 11) is 0. The Labute approximate surface area is 128 Å². The molecule has 1 aliphatic heterocycles. The van der Waals surface area contributed by atoms with E-state index in [9.17, 15) is 0 Å². The maximum atomic E-state index is 3.66. The fourth-order valence-electron chi connectivity index (χ4n) is 2.20. The Balaban J connectivity index is 2.02. The molecule has 1 aliphatic rings. The van der Waals surface area contributed by atoms with Gasteiger partial charge in [-0.25, -0.2) is 0 Å². The first-order valence-electron chi connectivity index (χ1n) is 6.46. The van der Waals surface area contributed by atoms with Crippen LogP contribution in [0.2, 0.25) is 0 Å². The van der Waals surface area contributed by atoms with E-state index in [4.69, 9.17) is 0 Å². The molecule has 0 spiro atoms. The second kappa shape index (κ2) is 7.62. The molecule has 0 bridgehead atoms. The number of hydrogen-bond acceptors (Lipinski definition) is 2. The van der Waals surface area contributed by atoms with E-state index in [1.165, 1.54) is 5.56 Å². The van der Waals surface area contributed by atoms with E-state index in [2.05, 4.69) is 82.3 Å². The van der Waals surface area contributed by atoms with E-state index in [1.807, 2.05) is 12.2 Å². The third-order valence-corrected chi connectivity index (χ3v) is 3.82. The number of allylic oxidation sites excluding steroid dienone is 4. The molecule has 0 saturated carbocycles. The van der Waals surface area contributed by atoms with Crippen molar-refractivity contribution in [3.05, 3.63) is 72.9 Å². The molecule has 1 saturated heterocycles. The molecule has 0 radical (unpaired) electrons. The maximum Gasteiger partial charge on any atom is 0.112 e. The zero-order chi connectivity index (χ0) is 13.5. The van der Waals surface area contributed by atoms with Crippen molar-refractivity contribution in [3.63, 3.8) is 0 Å². The van der Waals surface area contributed by atoms with Crippen molar-refractivity contribution in [1.82, 2.24) is 10.6 Å². The predicted octanol–water partition coefficient (Wildman–Crippen LogP) is 3.70. The summed E-state index contributed by atoms with van der Waals surface area (Å²) in [5.41, 5.74) is 1.35. The molecular weight excluding hydrogens is 347 g/mol. The van der Waals surface area contributed by atoms with Gasteiger partial charge < -0.3 is 0 Å². The van der Waals surface area contributed by atoms with Gasteiger partial charge in [-0.1, -0.05) is 67.3 Å². The zero-order valence-electron chi connectivity index (χ0n) is 10.8. The van der Waals surface area contributed by atoms with Crippen LogP contribution in [0.1, 0.15) is 18.0 Å². The molecule has 1 heterocycles. The van der Waals surface area contributed by atoms with E-state index in [-0.39, 0.29) is 4.17 Å². The van der Waals surface area contributed by atoms with Crippen molar-refractivity contribution in [2.45, 2.75) is 22.7 Å². The molecule has 1 aromatic carbocycles. The first-order valence-corrected chi connectivity index (χ1v) is 7.71. The molecule has 19 heavy (non-hydrogen) atoms. The fourth-order valence-corrected chi connectivity index (χ4v) is 3.09. The third-order valence-electron chi connectivity index (χ3n) is 3.10. The van der Waals surface area contributed by atoms with Crippen LogP contribution in [0.25, 0.3) is 0 Å². The second-order valence-corrected chi connectivity index (χ2v) is 5.75. The number of halogens is 1. The topological polar surface area (TPSA) is 24.1 Å². The number of alkyl halides is 1. The predicted molar refractivity (Wildman–Crippen MR) is 90.1 cm³/mol. The molecule has 2 rings (SSSR count). The molecule has 0 aromatic heterocycles. The largest absolute Gasteiger partial charge is 0.287 e. The second-order valence-electron chi connectivity index (χ2n) is 4.51. The van der Waals surface area contributed by atoms with Crippen LogP contribution in [0.5, 0.6) is 0 Å². The first-order chi connectivity index (χ1) is 9.29. The highest BCUT2D eigenvalue weighted by Gasteiger charge is 2.25. The van der Waals surface area contributed by atoms with Crippen molar-refractivity contribution in [2.24, 2.45) is 0 Å². The van der Waals surface area contributed by atoms with Crippen molar-refractivity contribution in [1.29, 1.82) is 0 Å². The smallest absolute Gasteiger partial charge is 0.112 e. The average molecular weight is 366 g/mol. The van der Waals surface area contributed by atoms with Crippen molar-refractivity contribution >= 4 is 22.6 Å². The van der Waals surface area contributed by atoms with E-state index < -0.39 is 0 Å². The Morgan fingerprint density at radius 3 is 2.63 bits per heavy atom. The van der Waals surface area contributed by atoms with Crippen LogP contribution in [0.15, 0.2) is 67.3 Å². The van der Waals surface area contributed by atoms with E-state index in [0.717, 1.165) is 6.42 Å². The van der Waals surface area contributed by atoms with Gasteiger partial charge in [0.1, 0.15) is 4.17 Å². The number of nitrogens with one attached hydrogen (secondary N) is 2. The van der Waals surface area contributed by atoms with Gasteiger partial charge in [-0.05, 0) is 34.6 Å². The fraction of sp³-hybridized carbons (Fsp3) is 0.250. The normalized spacial score (nSPS) is 27.9. The van der Waals surface area contributed by atoms with Crippen molar-refractivity contribution < 1.29 is 0 Å². The van der Waals surface area contributed by atoms with Crippen molar-refractivity contribution in [2.75, 3.05) is 0 Å². The van der Waals surface area contributed by atoms with Gasteiger partial charge in [0, 0.05) is 12.1 Å². The molecular formula is C16H19IN2. The quantitative estimate of drug-likeness (QED) is 0.368. The average Bonchev–Trinajstić information content (AvgIpc) is 2.44. The van der Waals surface area contributed by atoms with Crippen molar-refractivity contribution in [3.8, 4) is 0 Å². The molecule has 2 nitrogen and oxygen atoms in total. The Hall–Kier alpha value is -0.910. The van der Waals surface area contributed by atoms with Gasteiger partial charge in [-0.2, -0.15) is 0 Å². The Morgan fingerprint density at radius 1 is 1.11 bits per heavy atom. The number of benzene rings is 1. The molecule has 3 unspecified atom stereocenters. The van der Waals surface area contributed by atoms with Gasteiger partial charge in [0.25, 0.3) is 0 Å². The molecule has 3 heteroatoms. The van der Waals surface area contributed by atoms with Crippen LogP contribution in [0.4, 0.5) is 0 Å². The highest BCUT2D eigenvalue weighted by Crippen LogP contribution is 2.24. The summed E-state index contributed by atoms with van der Waals surface area (Å²) in [6, 6.07) is 11.4. The lowest BCUT2D eigenvalue weighted by molar-refractivity contribution is 0.342. The Kier molecular flexibility index (Phi) is 5.82. The molecule has 0 amide bonds. The molecule has 100 valence electrons. The lowest BCUT2D eigenvalue weighted by Gasteiger charge is -2.34. The summed E-state index contributed by atoms with van der Waals surface area (Å²) in [5, 5.41) is 7.09. The molecule has 1 fully saturated rings. The lowest BCUT2D eigenvalue weighted by Crippen LogP contribution is -2.50. The summed E-state index contributed by atoms with van der Waals surface area (Å²) < 4.78 is 0.287. The van der Waals surface area contributed by atoms with Gasteiger partial charge in [0.2, 0.25) is 0 Å².